The molecule has 1 aliphatic heterocycles. The van der Waals surface area contributed by atoms with Gasteiger partial charge in [0.2, 0.25) is 0 Å². The highest BCUT2D eigenvalue weighted by Gasteiger charge is 2.21. The average molecular weight is 222 g/mol. The molecule has 0 saturated carbocycles. The summed E-state index contributed by atoms with van der Waals surface area (Å²) in [6.07, 6.45) is 1.73. The summed E-state index contributed by atoms with van der Waals surface area (Å²) in [5.74, 6) is -0.414. The zero-order valence-electron chi connectivity index (χ0n) is 8.03. The Bertz CT molecular complexity index is 460. The van der Waals surface area contributed by atoms with Gasteiger partial charge in [0.1, 0.15) is 0 Å². The molecule has 15 heavy (non-hydrogen) atoms. The van der Waals surface area contributed by atoms with Crippen LogP contribution in [0.5, 0.6) is 0 Å². The number of benzene rings is 1. The molecule has 0 fully saturated rings. The van der Waals surface area contributed by atoms with Crippen molar-refractivity contribution in [2.45, 2.75) is 6.92 Å². The Kier molecular flexibility index (Phi) is 2.56. The molecule has 0 aromatic heterocycles. The molecule has 0 unspecified atom stereocenters. The Hall–Kier alpha value is -1.61. The molecule has 0 amide bonds. The van der Waals surface area contributed by atoms with Gasteiger partial charge < -0.3 is 4.84 Å². The van der Waals surface area contributed by atoms with Gasteiger partial charge in [-0.3, -0.25) is 0 Å². The van der Waals surface area contributed by atoms with E-state index in [-0.39, 0.29) is 0 Å². The van der Waals surface area contributed by atoms with E-state index in [1.807, 2.05) is 12.1 Å². The van der Waals surface area contributed by atoms with Gasteiger partial charge in [-0.2, -0.15) is 0 Å². The van der Waals surface area contributed by atoms with Crippen LogP contribution in [-0.4, -0.2) is 11.7 Å². The van der Waals surface area contributed by atoms with Crippen LogP contribution in [-0.2, 0) is 9.63 Å². The summed E-state index contributed by atoms with van der Waals surface area (Å²) in [5, 5.41) is 4.25. The van der Waals surface area contributed by atoms with Crippen molar-refractivity contribution in [2.75, 3.05) is 0 Å². The van der Waals surface area contributed by atoms with Crippen LogP contribution in [0.1, 0.15) is 12.5 Å². The van der Waals surface area contributed by atoms with E-state index in [0.717, 1.165) is 5.56 Å². The molecule has 4 heteroatoms. The average Bonchev–Trinajstić information content (AvgIpc) is 2.53. The predicted octanol–water partition coefficient (Wildman–Crippen LogP) is 2.66. The summed E-state index contributed by atoms with van der Waals surface area (Å²) in [5.41, 5.74) is 1.97. The molecule has 0 atom stereocenters. The first-order chi connectivity index (χ1) is 7.16. The second-order valence-corrected chi connectivity index (χ2v) is 3.60. The Morgan fingerprint density at radius 2 is 2.00 bits per heavy atom. The van der Waals surface area contributed by atoms with Gasteiger partial charge in [-0.25, -0.2) is 4.79 Å². The molecule has 0 spiro atoms. The van der Waals surface area contributed by atoms with Gasteiger partial charge in [0.05, 0.1) is 11.3 Å². The number of hydrogen-bond acceptors (Lipinski definition) is 3. The molecule has 76 valence electrons. The zero-order valence-corrected chi connectivity index (χ0v) is 8.78. The molecule has 0 bridgehead atoms. The van der Waals surface area contributed by atoms with Crippen LogP contribution in [0.4, 0.5) is 0 Å². The van der Waals surface area contributed by atoms with Crippen LogP contribution in [0.25, 0.3) is 6.08 Å². The molecule has 0 radical (unpaired) electrons. The van der Waals surface area contributed by atoms with Gasteiger partial charge in [-0.1, -0.05) is 28.9 Å². The van der Waals surface area contributed by atoms with E-state index < -0.39 is 5.97 Å². The normalized spacial score (nSPS) is 17.9. The largest absolute Gasteiger partial charge is 0.367 e. The lowest BCUT2D eigenvalue weighted by molar-refractivity contribution is -0.136. The summed E-state index contributed by atoms with van der Waals surface area (Å²) in [6.45, 7) is 1.73. The fourth-order valence-corrected chi connectivity index (χ4v) is 1.37. The second-order valence-electron chi connectivity index (χ2n) is 3.17. The first-order valence-corrected chi connectivity index (χ1v) is 4.78. The van der Waals surface area contributed by atoms with E-state index in [0.29, 0.717) is 16.3 Å². The first kappa shape index (κ1) is 9.93. The van der Waals surface area contributed by atoms with E-state index >= 15 is 0 Å². The Morgan fingerprint density at radius 1 is 1.33 bits per heavy atom. The minimum Gasteiger partial charge on any atom is -0.312 e. The van der Waals surface area contributed by atoms with E-state index in [1.165, 1.54) is 0 Å². The Morgan fingerprint density at radius 3 is 2.53 bits per heavy atom. The topological polar surface area (TPSA) is 38.7 Å². The van der Waals surface area contributed by atoms with Crippen LogP contribution in [0, 0.1) is 0 Å². The molecule has 1 aliphatic rings. The summed E-state index contributed by atoms with van der Waals surface area (Å²) >= 11 is 5.75. The van der Waals surface area contributed by atoms with E-state index in [9.17, 15) is 4.79 Å². The van der Waals surface area contributed by atoms with E-state index in [1.54, 1.807) is 25.1 Å². The monoisotopic (exact) mass is 221 g/mol. The SMILES string of the molecule is CC1=NOC(=O)C1=Cc1ccc(Cl)cc1. The molecule has 0 aliphatic carbocycles. The highest BCUT2D eigenvalue weighted by molar-refractivity contribution is 6.30. The van der Waals surface area contributed by atoms with E-state index in [4.69, 9.17) is 11.6 Å². The molecule has 0 N–H and O–H groups in total. The van der Waals surface area contributed by atoms with Crippen LogP contribution in [0.3, 0.4) is 0 Å². The molecule has 1 aromatic carbocycles. The van der Waals surface area contributed by atoms with Crippen molar-refractivity contribution in [1.82, 2.24) is 0 Å². The van der Waals surface area contributed by atoms with Gasteiger partial charge in [0, 0.05) is 5.02 Å². The molecule has 2 rings (SSSR count). The minimum absolute atomic E-state index is 0.414. The maximum absolute atomic E-state index is 11.2. The van der Waals surface area contributed by atoms with Gasteiger partial charge in [-0.15, -0.1) is 0 Å². The van der Waals surface area contributed by atoms with Crippen molar-refractivity contribution < 1.29 is 9.63 Å². The van der Waals surface area contributed by atoms with Crippen molar-refractivity contribution in [3.8, 4) is 0 Å². The number of carbonyl (C=O) groups is 1. The third kappa shape index (κ3) is 2.07. The number of carbonyl (C=O) groups excluding carboxylic acids is 1. The summed E-state index contributed by atoms with van der Waals surface area (Å²) in [7, 11) is 0. The van der Waals surface area contributed by atoms with Crippen molar-refractivity contribution in [3.05, 3.63) is 40.4 Å². The molecule has 3 nitrogen and oxygen atoms in total. The lowest BCUT2D eigenvalue weighted by atomic mass is 10.1. The number of rotatable bonds is 1. The third-order valence-corrected chi connectivity index (χ3v) is 2.31. The predicted molar refractivity (Wildman–Crippen MR) is 58.6 cm³/mol. The highest BCUT2D eigenvalue weighted by atomic mass is 35.5. The number of nitrogens with zero attached hydrogens (tertiary/aromatic N) is 1. The van der Waals surface area contributed by atoms with E-state index in [2.05, 4.69) is 9.99 Å². The third-order valence-electron chi connectivity index (χ3n) is 2.06. The van der Waals surface area contributed by atoms with Gasteiger partial charge in [0.25, 0.3) is 0 Å². The zero-order chi connectivity index (χ0) is 10.8. The molecule has 1 heterocycles. The standard InChI is InChI=1S/C11H8ClNO2/c1-7-10(11(14)15-13-7)6-8-2-4-9(12)5-3-8/h2-6H,1H3. The summed E-state index contributed by atoms with van der Waals surface area (Å²) < 4.78 is 0. The Balaban J connectivity index is 2.34. The van der Waals surface area contributed by atoms with Crippen molar-refractivity contribution in [1.29, 1.82) is 0 Å². The van der Waals surface area contributed by atoms with Crippen LogP contribution >= 0.6 is 11.6 Å². The molecule has 0 saturated heterocycles. The summed E-state index contributed by atoms with van der Waals surface area (Å²) in [4.78, 5) is 15.8. The first-order valence-electron chi connectivity index (χ1n) is 4.40. The second kappa shape index (κ2) is 3.87. The molecule has 1 aromatic rings. The smallest absolute Gasteiger partial charge is 0.312 e. The maximum atomic E-state index is 11.2. The number of oxime groups is 1. The van der Waals surface area contributed by atoms with Gasteiger partial charge >= 0.3 is 5.97 Å². The maximum Gasteiger partial charge on any atom is 0.367 e. The van der Waals surface area contributed by atoms with Crippen molar-refractivity contribution in [3.63, 3.8) is 0 Å². The van der Waals surface area contributed by atoms with Gasteiger partial charge in [-0.05, 0) is 30.7 Å². The number of hydrogen-bond donors (Lipinski definition) is 0. The summed E-state index contributed by atoms with van der Waals surface area (Å²) in [6, 6.07) is 7.18. The van der Waals surface area contributed by atoms with Crippen LogP contribution < -0.4 is 0 Å². The lowest BCUT2D eigenvalue weighted by Crippen LogP contribution is -2.01. The van der Waals surface area contributed by atoms with Crippen molar-refractivity contribution >= 4 is 29.4 Å². The quantitative estimate of drug-likeness (QED) is 0.540. The Labute approximate surface area is 92.0 Å². The number of halogens is 1. The highest BCUT2D eigenvalue weighted by Crippen LogP contribution is 2.17. The lowest BCUT2D eigenvalue weighted by Gasteiger charge is -1.95. The fraction of sp³-hybridized carbons (Fsp3) is 0.0909. The van der Waals surface area contributed by atoms with Crippen LogP contribution in [0.15, 0.2) is 35.0 Å². The van der Waals surface area contributed by atoms with Crippen LogP contribution in [0.2, 0.25) is 5.02 Å². The van der Waals surface area contributed by atoms with Gasteiger partial charge in [0.15, 0.2) is 0 Å². The fourth-order valence-electron chi connectivity index (χ4n) is 1.25. The molecular weight excluding hydrogens is 214 g/mol. The van der Waals surface area contributed by atoms with Crippen molar-refractivity contribution in [2.24, 2.45) is 5.16 Å². The minimum atomic E-state index is -0.414. The molecular formula is C11H8ClNO2.